The normalized spacial score (nSPS) is 11.5. The molecule has 5 nitrogen and oxygen atoms in total. The highest BCUT2D eigenvalue weighted by molar-refractivity contribution is 6.34. The number of hydrogen-bond acceptors (Lipinski definition) is 3. The van der Waals surface area contributed by atoms with Gasteiger partial charge in [0.25, 0.3) is 0 Å². The fraction of sp³-hybridized carbons (Fsp3) is 0.133. The molecule has 3 rings (SSSR count). The van der Waals surface area contributed by atoms with Crippen molar-refractivity contribution in [3.05, 3.63) is 63.9 Å². The summed E-state index contributed by atoms with van der Waals surface area (Å²) in [5.41, 5.74) is 3.92. The topological polar surface area (TPSA) is 48.0 Å². The Balaban J connectivity index is 2.05. The molecule has 0 radical (unpaired) electrons. The fourth-order valence-electron chi connectivity index (χ4n) is 2.33. The molecular weight excluding hydrogens is 321 g/mol. The van der Waals surface area contributed by atoms with Gasteiger partial charge in [0.05, 0.1) is 16.9 Å². The second-order valence-electron chi connectivity index (χ2n) is 4.84. The lowest BCUT2D eigenvalue weighted by Crippen LogP contribution is -2.00. The van der Waals surface area contributed by atoms with E-state index in [1.165, 1.54) is 12.7 Å². The van der Waals surface area contributed by atoms with E-state index in [2.05, 4.69) is 19.9 Å². The second-order valence-corrected chi connectivity index (χ2v) is 5.69. The first-order valence-electron chi connectivity index (χ1n) is 6.59. The highest BCUT2D eigenvalue weighted by Crippen LogP contribution is 2.28. The molecule has 0 saturated heterocycles. The Kier molecular flexibility index (Phi) is 4.00. The second kappa shape index (κ2) is 5.94. The van der Waals surface area contributed by atoms with Crippen LogP contribution in [0.15, 0.2) is 42.0 Å². The van der Waals surface area contributed by atoms with Crippen molar-refractivity contribution in [3.8, 4) is 5.69 Å². The molecule has 0 aliphatic rings. The number of aryl methyl sites for hydroxylation is 1. The van der Waals surface area contributed by atoms with Crippen molar-refractivity contribution >= 4 is 29.4 Å². The zero-order valence-electron chi connectivity index (χ0n) is 12.0. The van der Waals surface area contributed by atoms with Crippen LogP contribution in [0, 0.1) is 13.8 Å². The van der Waals surface area contributed by atoms with Crippen LogP contribution in [-0.4, -0.2) is 25.7 Å². The van der Waals surface area contributed by atoms with Crippen LogP contribution in [0.4, 0.5) is 0 Å². The lowest BCUT2D eigenvalue weighted by molar-refractivity contribution is 0.877. The summed E-state index contributed by atoms with van der Waals surface area (Å²) in [6.45, 7) is 4.03. The molecular formula is C15H13Cl2N5. The Morgan fingerprint density at radius 1 is 1.09 bits per heavy atom. The van der Waals surface area contributed by atoms with Crippen LogP contribution in [0.1, 0.15) is 17.0 Å². The third-order valence-corrected chi connectivity index (χ3v) is 3.91. The van der Waals surface area contributed by atoms with Gasteiger partial charge in [-0.25, -0.2) is 4.68 Å². The molecule has 0 spiro atoms. The van der Waals surface area contributed by atoms with Crippen molar-refractivity contribution in [2.45, 2.75) is 13.8 Å². The van der Waals surface area contributed by atoms with Gasteiger partial charge in [0.15, 0.2) is 0 Å². The molecule has 0 fully saturated rings. The van der Waals surface area contributed by atoms with Gasteiger partial charge in [-0.1, -0.05) is 23.2 Å². The van der Waals surface area contributed by atoms with Crippen molar-refractivity contribution in [3.63, 3.8) is 0 Å². The van der Waals surface area contributed by atoms with Gasteiger partial charge >= 0.3 is 0 Å². The third kappa shape index (κ3) is 2.77. The quantitative estimate of drug-likeness (QED) is 0.683. The van der Waals surface area contributed by atoms with E-state index in [-0.39, 0.29) is 0 Å². The number of hydrogen-bond donors (Lipinski definition) is 0. The first-order chi connectivity index (χ1) is 10.6. The minimum Gasteiger partial charge on any atom is -0.316 e. The summed E-state index contributed by atoms with van der Waals surface area (Å²) in [5, 5.41) is 13.0. The van der Waals surface area contributed by atoms with Crippen LogP contribution in [0.3, 0.4) is 0 Å². The summed E-state index contributed by atoms with van der Waals surface area (Å²) in [6.07, 6.45) is 4.83. The molecule has 0 aliphatic heterocycles. The zero-order chi connectivity index (χ0) is 15.7. The predicted octanol–water partition coefficient (Wildman–Crippen LogP) is 3.87. The molecule has 7 heteroatoms. The lowest BCUT2D eigenvalue weighted by Gasteiger charge is -2.12. The van der Waals surface area contributed by atoms with Crippen molar-refractivity contribution in [1.82, 2.24) is 19.4 Å². The van der Waals surface area contributed by atoms with Gasteiger partial charge in [0, 0.05) is 22.0 Å². The number of rotatable bonds is 3. The Morgan fingerprint density at radius 3 is 2.55 bits per heavy atom. The minimum absolute atomic E-state index is 0.645. The molecule has 1 aromatic carbocycles. The lowest BCUT2D eigenvalue weighted by atomic mass is 10.2. The molecule has 0 aliphatic carbocycles. The van der Waals surface area contributed by atoms with E-state index in [1.54, 1.807) is 23.0 Å². The molecule has 0 bridgehead atoms. The fourth-order valence-corrected chi connectivity index (χ4v) is 2.70. The molecule has 2 heterocycles. The summed E-state index contributed by atoms with van der Waals surface area (Å²) in [6, 6.07) is 7.46. The van der Waals surface area contributed by atoms with Gasteiger partial charge < -0.3 is 4.57 Å². The van der Waals surface area contributed by atoms with Crippen molar-refractivity contribution in [1.29, 1.82) is 0 Å². The highest BCUT2D eigenvalue weighted by atomic mass is 35.5. The standard InChI is InChI=1S/C15H13Cl2N5/c1-10-5-12(7-20-21-8-18-19-9-21)11(2)22(10)15-6-13(16)3-4-14(15)17/h3-9H,1-2H3/b20-7-. The van der Waals surface area contributed by atoms with Crippen LogP contribution >= 0.6 is 23.2 Å². The smallest absolute Gasteiger partial charge is 0.141 e. The van der Waals surface area contributed by atoms with Crippen molar-refractivity contribution in [2.24, 2.45) is 5.10 Å². The maximum atomic E-state index is 6.31. The minimum atomic E-state index is 0.645. The number of halogens is 2. The van der Waals surface area contributed by atoms with Gasteiger partial charge in [-0.2, -0.15) is 5.10 Å². The Morgan fingerprint density at radius 2 is 1.82 bits per heavy atom. The average molecular weight is 334 g/mol. The summed E-state index contributed by atoms with van der Waals surface area (Å²) < 4.78 is 3.60. The van der Waals surface area contributed by atoms with Gasteiger partial charge in [-0.05, 0) is 38.1 Å². The maximum Gasteiger partial charge on any atom is 0.141 e. The molecule has 2 aromatic heterocycles. The van der Waals surface area contributed by atoms with Crippen molar-refractivity contribution in [2.75, 3.05) is 0 Å². The summed E-state index contributed by atoms with van der Waals surface area (Å²) in [5.74, 6) is 0. The molecule has 0 amide bonds. The van der Waals surface area contributed by atoms with Crippen LogP contribution in [0.25, 0.3) is 5.69 Å². The molecule has 0 atom stereocenters. The molecule has 22 heavy (non-hydrogen) atoms. The first-order valence-corrected chi connectivity index (χ1v) is 7.35. The Bertz CT molecular complexity index is 834. The van der Waals surface area contributed by atoms with E-state index in [1.807, 2.05) is 26.0 Å². The summed E-state index contributed by atoms with van der Waals surface area (Å²) in [4.78, 5) is 0. The van der Waals surface area contributed by atoms with Crippen molar-refractivity contribution < 1.29 is 0 Å². The molecule has 0 N–H and O–H groups in total. The molecule has 3 aromatic rings. The van der Waals surface area contributed by atoms with E-state index in [4.69, 9.17) is 23.2 Å². The van der Waals surface area contributed by atoms with E-state index in [0.717, 1.165) is 22.6 Å². The average Bonchev–Trinajstić information content (AvgIpc) is 3.08. The van der Waals surface area contributed by atoms with Gasteiger partial charge in [-0.15, -0.1) is 10.2 Å². The Labute approximate surface area is 137 Å². The van der Waals surface area contributed by atoms with Gasteiger partial charge in [0.1, 0.15) is 12.7 Å². The Hall–Kier alpha value is -2.11. The van der Waals surface area contributed by atoms with E-state index < -0.39 is 0 Å². The number of benzene rings is 1. The van der Waals surface area contributed by atoms with E-state index in [0.29, 0.717) is 10.0 Å². The van der Waals surface area contributed by atoms with Crippen LogP contribution in [0.5, 0.6) is 0 Å². The monoisotopic (exact) mass is 333 g/mol. The van der Waals surface area contributed by atoms with Crippen LogP contribution < -0.4 is 0 Å². The largest absolute Gasteiger partial charge is 0.316 e. The van der Waals surface area contributed by atoms with Crippen LogP contribution in [0.2, 0.25) is 10.0 Å². The zero-order valence-corrected chi connectivity index (χ0v) is 13.5. The van der Waals surface area contributed by atoms with Crippen LogP contribution in [-0.2, 0) is 0 Å². The summed E-state index contributed by atoms with van der Waals surface area (Å²) in [7, 11) is 0. The third-order valence-electron chi connectivity index (χ3n) is 3.36. The van der Waals surface area contributed by atoms with Gasteiger partial charge in [-0.3, -0.25) is 0 Å². The molecule has 0 unspecified atom stereocenters. The maximum absolute atomic E-state index is 6.31. The number of nitrogens with zero attached hydrogens (tertiary/aromatic N) is 5. The SMILES string of the molecule is Cc1cc(/C=N\n2cnnc2)c(C)n1-c1cc(Cl)ccc1Cl. The number of aromatic nitrogens is 4. The van der Waals surface area contributed by atoms with Gasteiger partial charge in [0.2, 0.25) is 0 Å². The highest BCUT2D eigenvalue weighted by Gasteiger charge is 2.12. The predicted molar refractivity (Wildman–Crippen MR) is 88.3 cm³/mol. The van der Waals surface area contributed by atoms with E-state index >= 15 is 0 Å². The molecule has 0 saturated carbocycles. The van der Waals surface area contributed by atoms with E-state index in [9.17, 15) is 0 Å². The molecule has 112 valence electrons. The first kappa shape index (κ1) is 14.8. The summed E-state index contributed by atoms with van der Waals surface area (Å²) >= 11 is 12.4.